The molecule has 0 radical (unpaired) electrons. The second kappa shape index (κ2) is 10.2. The molecule has 1 atom stereocenters. The Bertz CT molecular complexity index is 1110. The fraction of sp³-hybridized carbons (Fsp3) is 0.292. The number of methoxy groups -OCH3 is 1. The number of ether oxygens (including phenoxy) is 1. The first-order valence-electron chi connectivity index (χ1n) is 10.2. The third-order valence-electron chi connectivity index (χ3n) is 4.96. The zero-order valence-corrected chi connectivity index (χ0v) is 18.3. The zero-order valence-electron chi connectivity index (χ0n) is 18.3. The zero-order chi connectivity index (χ0) is 23.3. The van der Waals surface area contributed by atoms with Crippen LogP contribution in [-0.2, 0) is 17.7 Å². The van der Waals surface area contributed by atoms with Gasteiger partial charge in [0.05, 0.1) is 23.7 Å². The molecule has 1 heterocycles. The number of carbonyl (C=O) groups is 2. The third kappa shape index (κ3) is 5.81. The Kier molecular flexibility index (Phi) is 7.40. The number of benzene rings is 2. The molecule has 0 spiro atoms. The summed E-state index contributed by atoms with van der Waals surface area (Å²) in [5.41, 5.74) is 2.37. The molecule has 3 N–H and O–H groups in total. The van der Waals surface area contributed by atoms with Gasteiger partial charge in [-0.25, -0.2) is 9.78 Å². The summed E-state index contributed by atoms with van der Waals surface area (Å²) in [7, 11) is 5.41. The lowest BCUT2D eigenvalue weighted by molar-refractivity contribution is 0.0699. The van der Waals surface area contributed by atoms with Crippen molar-refractivity contribution in [2.24, 2.45) is 0 Å². The number of phenolic OH excluding ortho intramolecular Hbond substituents is 1. The molecule has 2 aromatic carbocycles. The second-order valence-electron chi connectivity index (χ2n) is 7.95. The number of carbonyl (C=O) groups excluding carboxylic acids is 1. The van der Waals surface area contributed by atoms with E-state index in [1.165, 1.54) is 13.2 Å². The van der Waals surface area contributed by atoms with Crippen LogP contribution in [0.15, 0.2) is 48.5 Å². The summed E-state index contributed by atoms with van der Waals surface area (Å²) in [6, 6.07) is 13.1. The van der Waals surface area contributed by atoms with Gasteiger partial charge in [0.25, 0.3) is 5.91 Å². The molecule has 0 saturated heterocycles. The number of fused-ring (bicyclic) bond motifs is 1. The maximum Gasteiger partial charge on any atom is 0.336 e. The highest BCUT2D eigenvalue weighted by Gasteiger charge is 2.20. The Hall–Kier alpha value is -3.49. The molecule has 0 bridgehead atoms. The summed E-state index contributed by atoms with van der Waals surface area (Å²) in [5, 5.41) is 22.6. The van der Waals surface area contributed by atoms with Gasteiger partial charge in [-0.3, -0.25) is 4.79 Å². The minimum Gasteiger partial charge on any atom is -0.508 e. The minimum absolute atomic E-state index is 0.0297. The van der Waals surface area contributed by atoms with Crippen molar-refractivity contribution in [1.82, 2.24) is 15.2 Å². The van der Waals surface area contributed by atoms with Crippen molar-refractivity contribution in [2.45, 2.75) is 19.0 Å². The van der Waals surface area contributed by atoms with Crippen molar-refractivity contribution in [2.75, 3.05) is 27.8 Å². The van der Waals surface area contributed by atoms with Crippen LogP contribution < -0.4 is 5.32 Å². The van der Waals surface area contributed by atoms with Gasteiger partial charge in [-0.2, -0.15) is 0 Å². The first kappa shape index (κ1) is 23.2. The van der Waals surface area contributed by atoms with Gasteiger partial charge in [-0.15, -0.1) is 0 Å². The topological polar surface area (TPSA) is 112 Å². The number of aromatic carboxylic acids is 1. The summed E-state index contributed by atoms with van der Waals surface area (Å²) in [6.07, 6.45) is 0.479. The van der Waals surface area contributed by atoms with Gasteiger partial charge in [-0.1, -0.05) is 18.2 Å². The maximum absolute atomic E-state index is 12.9. The first-order chi connectivity index (χ1) is 15.3. The fourth-order valence-electron chi connectivity index (χ4n) is 3.56. The van der Waals surface area contributed by atoms with Crippen LogP contribution in [0.3, 0.4) is 0 Å². The van der Waals surface area contributed by atoms with Crippen LogP contribution in [0.2, 0.25) is 0 Å². The van der Waals surface area contributed by atoms with E-state index in [9.17, 15) is 19.8 Å². The van der Waals surface area contributed by atoms with E-state index in [-0.39, 0.29) is 29.7 Å². The van der Waals surface area contributed by atoms with Gasteiger partial charge in [0.2, 0.25) is 0 Å². The molecular formula is C24H27N3O5. The Balaban J connectivity index is 1.88. The number of hydrogen-bond acceptors (Lipinski definition) is 6. The number of nitrogens with one attached hydrogen (secondary N) is 1. The van der Waals surface area contributed by atoms with E-state index in [0.29, 0.717) is 23.9 Å². The lowest BCUT2D eigenvalue weighted by atomic mass is 10.0. The maximum atomic E-state index is 12.9. The number of pyridine rings is 1. The molecule has 0 aliphatic carbocycles. The average Bonchev–Trinajstić information content (AvgIpc) is 2.74. The molecule has 8 nitrogen and oxygen atoms in total. The Morgan fingerprint density at radius 3 is 2.41 bits per heavy atom. The summed E-state index contributed by atoms with van der Waals surface area (Å²) in [4.78, 5) is 31.2. The Morgan fingerprint density at radius 1 is 1.09 bits per heavy atom. The third-order valence-corrected chi connectivity index (χ3v) is 4.96. The summed E-state index contributed by atoms with van der Waals surface area (Å²) >= 11 is 0. The van der Waals surface area contributed by atoms with Crippen LogP contribution in [0.25, 0.3) is 10.9 Å². The van der Waals surface area contributed by atoms with Crippen molar-refractivity contribution in [3.63, 3.8) is 0 Å². The predicted molar refractivity (Wildman–Crippen MR) is 121 cm³/mol. The lowest BCUT2D eigenvalue weighted by Crippen LogP contribution is -2.40. The Labute approximate surface area is 186 Å². The number of carboxylic acids is 1. The van der Waals surface area contributed by atoms with Gasteiger partial charge in [-0.05, 0) is 62.0 Å². The van der Waals surface area contributed by atoms with Crippen LogP contribution in [0, 0.1) is 0 Å². The van der Waals surface area contributed by atoms with Gasteiger partial charge in [0.1, 0.15) is 11.4 Å². The van der Waals surface area contributed by atoms with Gasteiger partial charge in [0.15, 0.2) is 0 Å². The quantitative estimate of drug-likeness (QED) is 0.472. The molecule has 0 saturated carbocycles. The second-order valence-corrected chi connectivity index (χ2v) is 7.95. The van der Waals surface area contributed by atoms with Crippen molar-refractivity contribution in [1.29, 1.82) is 0 Å². The first-order valence-corrected chi connectivity index (χ1v) is 10.2. The number of carboxylic acid groups (broad SMARTS) is 1. The predicted octanol–water partition coefficient (Wildman–Crippen LogP) is 2.69. The van der Waals surface area contributed by atoms with Crippen molar-refractivity contribution < 1.29 is 24.5 Å². The van der Waals surface area contributed by atoms with Crippen LogP contribution >= 0.6 is 0 Å². The molecule has 3 aromatic rings. The number of nitrogens with zero attached hydrogens (tertiary/aromatic N) is 2. The fourth-order valence-corrected chi connectivity index (χ4v) is 3.56. The highest BCUT2D eigenvalue weighted by Crippen LogP contribution is 2.21. The molecule has 0 aliphatic rings. The van der Waals surface area contributed by atoms with E-state index >= 15 is 0 Å². The number of amides is 1. The van der Waals surface area contributed by atoms with E-state index < -0.39 is 11.9 Å². The highest BCUT2D eigenvalue weighted by molar-refractivity contribution is 6.06. The average molecular weight is 437 g/mol. The number of phenols is 1. The van der Waals surface area contributed by atoms with E-state index in [1.807, 2.05) is 25.1 Å². The number of aromatic nitrogens is 1. The SMILES string of the molecule is COC[C@H](Cc1ccc(O)cc1)NC(=O)c1cc(C(=O)O)c2cc(CN(C)C)ccc2n1. The molecule has 3 rings (SSSR count). The smallest absolute Gasteiger partial charge is 0.336 e. The normalized spacial score (nSPS) is 12.1. The molecular weight excluding hydrogens is 410 g/mol. The van der Waals surface area contributed by atoms with E-state index in [1.54, 1.807) is 36.4 Å². The number of hydrogen-bond donors (Lipinski definition) is 3. The molecule has 0 aliphatic heterocycles. The summed E-state index contributed by atoms with van der Waals surface area (Å²) in [6.45, 7) is 0.924. The standard InChI is InChI=1S/C24H27N3O5/c1-27(2)13-16-6-9-21-19(11-16)20(24(30)31)12-22(26-21)23(29)25-17(14-32-3)10-15-4-7-18(28)8-5-15/h4-9,11-12,17,28H,10,13-14H2,1-3H3,(H,25,29)(H,30,31)/t17-/m0/s1. The highest BCUT2D eigenvalue weighted by atomic mass is 16.5. The monoisotopic (exact) mass is 437 g/mol. The molecule has 0 unspecified atom stereocenters. The van der Waals surface area contributed by atoms with Gasteiger partial charge in [0, 0.05) is 19.0 Å². The van der Waals surface area contributed by atoms with Crippen LogP contribution in [0.5, 0.6) is 5.75 Å². The minimum atomic E-state index is -1.12. The molecule has 32 heavy (non-hydrogen) atoms. The number of aromatic hydroxyl groups is 1. The largest absolute Gasteiger partial charge is 0.508 e. The molecule has 168 valence electrons. The van der Waals surface area contributed by atoms with Crippen molar-refractivity contribution in [3.8, 4) is 5.75 Å². The molecule has 8 heteroatoms. The van der Waals surface area contributed by atoms with E-state index in [4.69, 9.17) is 4.74 Å². The molecule has 1 aromatic heterocycles. The molecule has 1 amide bonds. The summed E-state index contributed by atoms with van der Waals surface area (Å²) in [5.74, 6) is -1.44. The van der Waals surface area contributed by atoms with E-state index in [2.05, 4.69) is 10.3 Å². The Morgan fingerprint density at radius 2 is 1.78 bits per heavy atom. The van der Waals surface area contributed by atoms with Crippen molar-refractivity contribution >= 4 is 22.8 Å². The summed E-state index contributed by atoms with van der Waals surface area (Å²) < 4.78 is 5.23. The van der Waals surface area contributed by atoms with E-state index in [0.717, 1.165) is 11.1 Å². The van der Waals surface area contributed by atoms with Crippen molar-refractivity contribution in [3.05, 3.63) is 70.9 Å². The van der Waals surface area contributed by atoms with Crippen LogP contribution in [-0.4, -0.2) is 65.8 Å². The van der Waals surface area contributed by atoms with Crippen LogP contribution in [0.1, 0.15) is 32.0 Å². The number of rotatable bonds is 9. The van der Waals surface area contributed by atoms with Gasteiger partial charge >= 0.3 is 5.97 Å². The van der Waals surface area contributed by atoms with Gasteiger partial charge < -0.3 is 25.2 Å². The lowest BCUT2D eigenvalue weighted by Gasteiger charge is -2.18. The molecule has 0 fully saturated rings. The van der Waals surface area contributed by atoms with Crippen LogP contribution in [0.4, 0.5) is 0 Å².